The zero-order chi connectivity index (χ0) is 17.5. The van der Waals surface area contributed by atoms with E-state index in [4.69, 9.17) is 4.74 Å². The van der Waals surface area contributed by atoms with Gasteiger partial charge >= 0.3 is 6.09 Å². The van der Waals surface area contributed by atoms with E-state index in [0.717, 1.165) is 30.4 Å². The smallest absolute Gasteiger partial charge is 0.410 e. The van der Waals surface area contributed by atoms with Crippen LogP contribution in [0.5, 0.6) is 0 Å². The number of rotatable bonds is 2. The van der Waals surface area contributed by atoms with Crippen molar-refractivity contribution in [2.75, 3.05) is 13.1 Å². The number of halogens is 1. The van der Waals surface area contributed by atoms with Crippen molar-refractivity contribution in [1.29, 1.82) is 0 Å². The Morgan fingerprint density at radius 1 is 1.26 bits per heavy atom. The number of carbonyl (C=O) groups excluding carboxylic acids is 1. The summed E-state index contributed by atoms with van der Waals surface area (Å²) in [6, 6.07) is 8.33. The Balaban J connectivity index is 0.00000127. The van der Waals surface area contributed by atoms with Gasteiger partial charge in [-0.3, -0.25) is 0 Å². The number of hydrogen-bond donors (Lipinski definition) is 0. The van der Waals surface area contributed by atoms with Crippen molar-refractivity contribution in [2.45, 2.75) is 63.2 Å². The summed E-state index contributed by atoms with van der Waals surface area (Å²) in [6.45, 7) is 11.3. The molecular weight excluding hydrogens is 374 g/mol. The maximum Gasteiger partial charge on any atom is 0.410 e. The molecule has 1 saturated heterocycles. The minimum atomic E-state index is -0.428. The predicted molar refractivity (Wildman–Crippen MR) is 102 cm³/mol. The third-order valence-electron chi connectivity index (χ3n) is 3.15. The zero-order valence-electron chi connectivity index (χ0n) is 14.8. The van der Waals surface area contributed by atoms with Crippen molar-refractivity contribution >= 4 is 33.8 Å². The molecule has 1 heterocycles. The van der Waals surface area contributed by atoms with Gasteiger partial charge in [-0.1, -0.05) is 29.8 Å². The number of carbonyl (C=O) groups is 1. The molecule has 1 fully saturated rings. The van der Waals surface area contributed by atoms with E-state index in [1.54, 1.807) is 0 Å². The number of amides is 1. The molecule has 1 aromatic carbocycles. The third kappa shape index (κ3) is 7.62. The molecule has 1 amide bonds. The lowest BCUT2D eigenvalue weighted by Gasteiger charge is -2.33. The average molecular weight is 402 g/mol. The van der Waals surface area contributed by atoms with Gasteiger partial charge < -0.3 is 9.64 Å². The van der Waals surface area contributed by atoms with Crippen LogP contribution >= 0.6 is 27.7 Å². The number of benzene rings is 1. The molecule has 0 bridgehead atoms. The Bertz CT molecular complexity index is 485. The summed E-state index contributed by atoms with van der Waals surface area (Å²) in [4.78, 5) is 15.2. The van der Waals surface area contributed by atoms with Gasteiger partial charge in [0.15, 0.2) is 0 Å². The molecule has 0 aromatic heterocycles. The summed E-state index contributed by atoms with van der Waals surface area (Å²) in [5.74, 6) is 0. The monoisotopic (exact) mass is 401 g/mol. The van der Waals surface area contributed by atoms with Crippen molar-refractivity contribution < 1.29 is 9.53 Å². The van der Waals surface area contributed by atoms with Gasteiger partial charge in [0.05, 0.1) is 0 Å². The standard InChI is InChI=1S/C16H22BrNO2S.C2H6/c1-16(2,3)20-15(19)18-10-4-5-14(11-18)21-13-8-6-12(17)7-9-13;1-2/h6-9,14H,4-5,10-11H2,1-3H3;1-2H3. The van der Waals surface area contributed by atoms with Crippen LogP contribution < -0.4 is 0 Å². The van der Waals surface area contributed by atoms with Crippen LogP contribution in [0.4, 0.5) is 4.79 Å². The minimum absolute atomic E-state index is 0.191. The van der Waals surface area contributed by atoms with Crippen LogP contribution in [0.2, 0.25) is 0 Å². The Kier molecular flexibility index (Phi) is 8.48. The highest BCUT2D eigenvalue weighted by Gasteiger charge is 2.27. The molecule has 0 spiro atoms. The van der Waals surface area contributed by atoms with Crippen molar-refractivity contribution in [3.8, 4) is 0 Å². The Hall–Kier alpha value is -0.680. The maximum atomic E-state index is 12.1. The number of hydrogen-bond acceptors (Lipinski definition) is 3. The molecule has 0 radical (unpaired) electrons. The van der Waals surface area contributed by atoms with Gasteiger partial charge in [0.25, 0.3) is 0 Å². The van der Waals surface area contributed by atoms with Gasteiger partial charge in [-0.05, 0) is 57.9 Å². The molecule has 0 saturated carbocycles. The van der Waals surface area contributed by atoms with Crippen molar-refractivity contribution in [1.82, 2.24) is 4.90 Å². The normalized spacial score (nSPS) is 18.0. The summed E-state index contributed by atoms with van der Waals surface area (Å²) in [6.07, 6.45) is 1.98. The summed E-state index contributed by atoms with van der Waals surface area (Å²) in [5, 5.41) is 0.437. The number of piperidine rings is 1. The Morgan fingerprint density at radius 3 is 2.43 bits per heavy atom. The van der Waals surface area contributed by atoms with Gasteiger partial charge in [0, 0.05) is 27.7 Å². The first kappa shape index (κ1) is 20.4. The molecule has 0 N–H and O–H groups in total. The summed E-state index contributed by atoms with van der Waals surface area (Å²) < 4.78 is 6.55. The highest BCUT2D eigenvalue weighted by atomic mass is 79.9. The minimum Gasteiger partial charge on any atom is -0.444 e. The van der Waals surface area contributed by atoms with Gasteiger partial charge in [0.1, 0.15) is 5.60 Å². The highest BCUT2D eigenvalue weighted by molar-refractivity contribution is 9.10. The molecule has 1 atom stereocenters. The van der Waals surface area contributed by atoms with E-state index in [-0.39, 0.29) is 6.09 Å². The van der Waals surface area contributed by atoms with E-state index in [9.17, 15) is 4.79 Å². The lowest BCUT2D eigenvalue weighted by atomic mass is 10.1. The van der Waals surface area contributed by atoms with Crippen LogP contribution in [0.1, 0.15) is 47.5 Å². The van der Waals surface area contributed by atoms with Crippen LogP contribution in [0.25, 0.3) is 0 Å². The van der Waals surface area contributed by atoms with Crippen LogP contribution in [0, 0.1) is 0 Å². The Labute approximate surface area is 153 Å². The molecule has 0 aliphatic carbocycles. The molecule has 23 heavy (non-hydrogen) atoms. The molecule has 130 valence electrons. The van der Waals surface area contributed by atoms with Crippen LogP contribution in [0.3, 0.4) is 0 Å². The second kappa shape index (κ2) is 9.58. The van der Waals surface area contributed by atoms with E-state index >= 15 is 0 Å². The average Bonchev–Trinajstić information content (AvgIpc) is 2.50. The summed E-state index contributed by atoms with van der Waals surface area (Å²) in [5.41, 5.74) is -0.428. The fourth-order valence-corrected chi connectivity index (χ4v) is 3.71. The van der Waals surface area contributed by atoms with Gasteiger partial charge in [0.2, 0.25) is 0 Å². The van der Waals surface area contributed by atoms with Crippen LogP contribution in [-0.2, 0) is 4.74 Å². The van der Waals surface area contributed by atoms with Crippen molar-refractivity contribution in [2.24, 2.45) is 0 Å². The second-order valence-electron chi connectivity index (χ2n) is 6.26. The number of likely N-dealkylation sites (tertiary alicyclic amines) is 1. The molecule has 2 rings (SSSR count). The largest absolute Gasteiger partial charge is 0.444 e. The number of nitrogens with zero attached hydrogens (tertiary/aromatic N) is 1. The number of ether oxygens (including phenoxy) is 1. The lowest BCUT2D eigenvalue weighted by Crippen LogP contribution is -2.43. The molecular formula is C18H28BrNO2S. The van der Waals surface area contributed by atoms with Crippen LogP contribution in [-0.4, -0.2) is 34.9 Å². The summed E-state index contributed by atoms with van der Waals surface area (Å²) >= 11 is 5.29. The molecule has 1 aliphatic heterocycles. The van der Waals surface area contributed by atoms with E-state index in [1.807, 2.05) is 51.3 Å². The molecule has 1 aromatic rings. The maximum absolute atomic E-state index is 12.1. The van der Waals surface area contributed by atoms with E-state index < -0.39 is 5.60 Å². The number of thioether (sulfide) groups is 1. The quantitative estimate of drug-likeness (QED) is 0.611. The first-order valence-corrected chi connectivity index (χ1v) is 9.91. The Morgan fingerprint density at radius 2 is 1.87 bits per heavy atom. The van der Waals surface area contributed by atoms with Gasteiger partial charge in [-0.25, -0.2) is 4.79 Å². The molecule has 3 nitrogen and oxygen atoms in total. The SMILES string of the molecule is CC.CC(C)(C)OC(=O)N1CCCC(Sc2ccc(Br)cc2)C1. The topological polar surface area (TPSA) is 29.5 Å². The fraction of sp³-hybridized carbons (Fsp3) is 0.611. The van der Waals surface area contributed by atoms with Gasteiger partial charge in [-0.15, -0.1) is 11.8 Å². The molecule has 1 aliphatic rings. The highest BCUT2D eigenvalue weighted by Crippen LogP contribution is 2.30. The molecule has 5 heteroatoms. The molecule has 1 unspecified atom stereocenters. The van der Waals surface area contributed by atoms with Gasteiger partial charge in [-0.2, -0.15) is 0 Å². The van der Waals surface area contributed by atoms with E-state index in [0.29, 0.717) is 5.25 Å². The summed E-state index contributed by atoms with van der Waals surface area (Å²) in [7, 11) is 0. The lowest BCUT2D eigenvalue weighted by molar-refractivity contribution is 0.0220. The first-order valence-electron chi connectivity index (χ1n) is 8.24. The van der Waals surface area contributed by atoms with Crippen molar-refractivity contribution in [3.05, 3.63) is 28.7 Å². The fourth-order valence-electron chi connectivity index (χ4n) is 2.23. The van der Waals surface area contributed by atoms with E-state index in [1.165, 1.54) is 4.90 Å². The first-order chi connectivity index (χ1) is 10.8. The predicted octanol–water partition coefficient (Wildman–Crippen LogP) is 5.97. The van der Waals surface area contributed by atoms with Crippen LogP contribution in [0.15, 0.2) is 33.6 Å². The third-order valence-corrected chi connectivity index (χ3v) is 4.94. The zero-order valence-corrected chi connectivity index (χ0v) is 17.2. The second-order valence-corrected chi connectivity index (χ2v) is 8.55. The van der Waals surface area contributed by atoms with Crippen molar-refractivity contribution in [3.63, 3.8) is 0 Å². The van der Waals surface area contributed by atoms with E-state index in [2.05, 4.69) is 40.2 Å².